The van der Waals surface area contributed by atoms with Gasteiger partial charge in [0.1, 0.15) is 0 Å². The topological polar surface area (TPSA) is 0 Å². The zero-order valence-corrected chi connectivity index (χ0v) is 5.54. The van der Waals surface area contributed by atoms with Gasteiger partial charge in [0, 0.05) is 0 Å². The molecule has 46 valence electrons. The Bertz CT molecular complexity index is 204. The van der Waals surface area contributed by atoms with Gasteiger partial charge in [-0.1, -0.05) is 13.2 Å². The quantitative estimate of drug-likeness (QED) is 0.458. The van der Waals surface area contributed by atoms with Crippen LogP contribution in [0.25, 0.3) is 0 Å². The molecule has 9 heavy (non-hydrogen) atoms. The van der Waals surface area contributed by atoms with Crippen LogP contribution in [0.1, 0.15) is 19.3 Å². The Labute approximate surface area is 55.6 Å². The monoisotopic (exact) mass is 118 g/mol. The summed E-state index contributed by atoms with van der Waals surface area (Å²) in [5.74, 6) is 0. The Morgan fingerprint density at radius 2 is 1.33 bits per heavy atom. The van der Waals surface area contributed by atoms with E-state index in [1.165, 1.54) is 35.1 Å². The average molecular weight is 118 g/mol. The lowest BCUT2D eigenvalue weighted by atomic mass is 9.89. The molecule has 0 N–H and O–H groups in total. The minimum absolute atomic E-state index is 1.05. The van der Waals surface area contributed by atoms with Gasteiger partial charge in [0.25, 0.3) is 0 Å². The van der Waals surface area contributed by atoms with Crippen molar-refractivity contribution in [3.8, 4) is 0 Å². The van der Waals surface area contributed by atoms with E-state index in [9.17, 15) is 0 Å². The Kier molecular flexibility index (Phi) is 0.774. The summed E-state index contributed by atoms with van der Waals surface area (Å²) in [4.78, 5) is 0. The van der Waals surface area contributed by atoms with E-state index in [1.807, 2.05) is 0 Å². The summed E-state index contributed by atoms with van der Waals surface area (Å²) in [5, 5.41) is 0. The van der Waals surface area contributed by atoms with Crippen LogP contribution in [-0.2, 0) is 0 Å². The highest BCUT2D eigenvalue weighted by molar-refractivity contribution is 5.57. The summed E-state index contributed by atoms with van der Waals surface area (Å²) in [7, 11) is 0. The molecule has 0 radical (unpaired) electrons. The van der Waals surface area contributed by atoms with Crippen molar-refractivity contribution in [2.24, 2.45) is 0 Å². The van der Waals surface area contributed by atoms with E-state index in [4.69, 9.17) is 0 Å². The third-order valence-electron chi connectivity index (χ3n) is 2.27. The molecule has 0 saturated carbocycles. The van der Waals surface area contributed by atoms with Crippen LogP contribution in [0.2, 0.25) is 0 Å². The third-order valence-corrected chi connectivity index (χ3v) is 2.27. The molecule has 0 unspecified atom stereocenters. The van der Waals surface area contributed by atoms with Gasteiger partial charge < -0.3 is 0 Å². The third kappa shape index (κ3) is 0.481. The molecule has 2 rings (SSSR count). The maximum Gasteiger partial charge on any atom is -0.00318 e. The highest BCUT2D eigenvalue weighted by Crippen LogP contribution is 2.46. The molecule has 0 atom stereocenters. The predicted octanol–water partition coefficient (Wildman–Crippen LogP) is 2.59. The van der Waals surface area contributed by atoms with Crippen LogP contribution < -0.4 is 0 Å². The summed E-state index contributed by atoms with van der Waals surface area (Å²) < 4.78 is 0. The van der Waals surface area contributed by atoms with Gasteiger partial charge in [0.2, 0.25) is 0 Å². The first-order chi connectivity index (χ1) is 4.29. The largest absolute Gasteiger partial charge is 0.0952 e. The van der Waals surface area contributed by atoms with Gasteiger partial charge >= 0.3 is 0 Å². The van der Waals surface area contributed by atoms with E-state index in [2.05, 4.69) is 13.2 Å². The fraction of sp³-hybridized carbons (Fsp3) is 0.333. The summed E-state index contributed by atoms with van der Waals surface area (Å²) >= 11 is 0. The van der Waals surface area contributed by atoms with Crippen molar-refractivity contribution < 1.29 is 0 Å². The molecule has 0 spiro atoms. The molecule has 0 amide bonds. The van der Waals surface area contributed by atoms with Crippen LogP contribution in [0.3, 0.4) is 0 Å². The lowest BCUT2D eigenvalue weighted by Crippen LogP contribution is -1.97. The zero-order valence-electron chi connectivity index (χ0n) is 5.54. The molecule has 0 aromatic heterocycles. The second kappa shape index (κ2) is 1.38. The van der Waals surface area contributed by atoms with Gasteiger partial charge in [-0.3, -0.25) is 0 Å². The van der Waals surface area contributed by atoms with Crippen molar-refractivity contribution in [2.45, 2.75) is 19.3 Å². The van der Waals surface area contributed by atoms with Crippen molar-refractivity contribution in [3.63, 3.8) is 0 Å². The molecular weight excluding hydrogens is 108 g/mol. The Balaban J connectivity index is 2.49. The van der Waals surface area contributed by atoms with Crippen LogP contribution in [-0.4, -0.2) is 0 Å². The first-order valence-corrected chi connectivity index (χ1v) is 3.37. The molecule has 0 saturated heterocycles. The number of hydrogen-bond acceptors (Lipinski definition) is 0. The highest BCUT2D eigenvalue weighted by Gasteiger charge is 2.27. The maximum absolute atomic E-state index is 3.97. The lowest BCUT2D eigenvalue weighted by molar-refractivity contribution is 0.857. The summed E-state index contributed by atoms with van der Waals surface area (Å²) in [6.45, 7) is 7.94. The van der Waals surface area contributed by atoms with Crippen LogP contribution in [0.15, 0.2) is 35.5 Å². The number of allylic oxidation sites excluding steroid dienone is 4. The molecule has 0 fully saturated rings. The second-order valence-corrected chi connectivity index (χ2v) is 2.84. The maximum atomic E-state index is 3.97. The van der Waals surface area contributed by atoms with Crippen molar-refractivity contribution >= 4 is 0 Å². The first-order valence-electron chi connectivity index (χ1n) is 3.37. The van der Waals surface area contributed by atoms with Crippen LogP contribution in [0.5, 0.6) is 0 Å². The summed E-state index contributed by atoms with van der Waals surface area (Å²) in [6.07, 6.45) is 3.56. The zero-order chi connectivity index (χ0) is 6.43. The van der Waals surface area contributed by atoms with E-state index < -0.39 is 0 Å². The van der Waals surface area contributed by atoms with Crippen molar-refractivity contribution in [3.05, 3.63) is 35.5 Å². The predicted molar refractivity (Wildman–Crippen MR) is 39.2 cm³/mol. The van der Waals surface area contributed by atoms with Gasteiger partial charge in [-0.25, -0.2) is 0 Å². The molecule has 2 aliphatic rings. The molecule has 0 heteroatoms. The van der Waals surface area contributed by atoms with E-state index in [0.717, 1.165) is 6.42 Å². The van der Waals surface area contributed by atoms with Crippen molar-refractivity contribution in [1.29, 1.82) is 0 Å². The molecule has 2 aliphatic carbocycles. The smallest absolute Gasteiger partial charge is 0.00318 e. The molecule has 0 heterocycles. The van der Waals surface area contributed by atoms with Crippen LogP contribution in [0.4, 0.5) is 0 Å². The van der Waals surface area contributed by atoms with Crippen LogP contribution >= 0.6 is 0 Å². The average Bonchev–Trinajstić information content (AvgIpc) is 1.73. The van der Waals surface area contributed by atoms with Gasteiger partial charge in [0.15, 0.2) is 0 Å². The van der Waals surface area contributed by atoms with Crippen molar-refractivity contribution in [2.75, 3.05) is 0 Å². The van der Waals surface area contributed by atoms with E-state index in [-0.39, 0.29) is 0 Å². The van der Waals surface area contributed by atoms with Crippen molar-refractivity contribution in [1.82, 2.24) is 0 Å². The molecule has 0 aliphatic heterocycles. The second-order valence-electron chi connectivity index (χ2n) is 2.84. The SMILES string of the molecule is C=C1CC(=C)C2=C1CC2. The molecule has 0 aromatic carbocycles. The fourth-order valence-electron chi connectivity index (χ4n) is 1.63. The standard InChI is InChI=1S/C9H10/c1-6-5-7(2)9-4-3-8(6)9/h1-5H2. The van der Waals surface area contributed by atoms with Crippen LogP contribution in [0, 0.1) is 0 Å². The first kappa shape index (κ1) is 5.04. The molecule has 0 aromatic rings. The Morgan fingerprint density at radius 3 is 1.56 bits per heavy atom. The van der Waals surface area contributed by atoms with Gasteiger partial charge in [-0.2, -0.15) is 0 Å². The molecule has 0 nitrogen and oxygen atoms in total. The minimum atomic E-state index is 1.05. The van der Waals surface area contributed by atoms with Gasteiger partial charge in [-0.05, 0) is 41.6 Å². The Morgan fingerprint density at radius 1 is 0.889 bits per heavy atom. The normalized spacial score (nSPS) is 24.4. The number of hydrogen-bond donors (Lipinski definition) is 0. The highest BCUT2D eigenvalue weighted by atomic mass is 14.3. The minimum Gasteiger partial charge on any atom is -0.0952 e. The number of rotatable bonds is 0. The van der Waals surface area contributed by atoms with Gasteiger partial charge in [-0.15, -0.1) is 0 Å². The fourth-order valence-corrected chi connectivity index (χ4v) is 1.63. The molecular formula is C9H10. The van der Waals surface area contributed by atoms with E-state index >= 15 is 0 Å². The van der Waals surface area contributed by atoms with E-state index in [0.29, 0.717) is 0 Å². The molecule has 0 bridgehead atoms. The van der Waals surface area contributed by atoms with E-state index in [1.54, 1.807) is 0 Å². The Hall–Kier alpha value is -0.780. The summed E-state index contributed by atoms with van der Waals surface area (Å²) in [5.41, 5.74) is 5.67. The van der Waals surface area contributed by atoms with Gasteiger partial charge in [0.05, 0.1) is 0 Å². The summed E-state index contributed by atoms with van der Waals surface area (Å²) in [6, 6.07) is 0. The lowest BCUT2D eigenvalue weighted by Gasteiger charge is -2.16.